The molecule has 0 bridgehead atoms. The molecule has 2 aromatic rings. The van der Waals surface area contributed by atoms with Gasteiger partial charge in [-0.05, 0) is 42.9 Å². The molecule has 1 atom stereocenters. The van der Waals surface area contributed by atoms with E-state index in [1.54, 1.807) is 0 Å². The maximum atomic E-state index is 13.4. The first-order valence-corrected chi connectivity index (χ1v) is 9.17. The fraction of sp³-hybridized carbons (Fsp3) is 0.409. The molecule has 1 aliphatic heterocycles. The van der Waals surface area contributed by atoms with Gasteiger partial charge in [-0.1, -0.05) is 61.5 Å². The van der Waals surface area contributed by atoms with E-state index in [-0.39, 0.29) is 11.9 Å². The molecule has 2 aromatic carbocycles. The smallest absolute Gasteiger partial charge is 0.231 e. The summed E-state index contributed by atoms with van der Waals surface area (Å²) in [5, 5.41) is 3.34. The van der Waals surface area contributed by atoms with Gasteiger partial charge in [-0.3, -0.25) is 4.79 Å². The molecule has 1 fully saturated rings. The van der Waals surface area contributed by atoms with Gasteiger partial charge in [0.1, 0.15) is 0 Å². The molecule has 0 aliphatic carbocycles. The summed E-state index contributed by atoms with van der Waals surface area (Å²) in [6.45, 7) is 5.48. The summed E-state index contributed by atoms with van der Waals surface area (Å²) in [6, 6.07) is 18.5. The molecule has 1 saturated heterocycles. The number of rotatable bonds is 5. The molecular weight excluding hydrogens is 310 g/mol. The topological polar surface area (TPSA) is 38.3 Å². The Labute approximate surface area is 150 Å². The van der Waals surface area contributed by atoms with Gasteiger partial charge >= 0.3 is 0 Å². The van der Waals surface area contributed by atoms with Gasteiger partial charge in [0.15, 0.2) is 0 Å². The molecule has 0 spiro atoms. The van der Waals surface area contributed by atoms with Crippen LogP contribution in [-0.2, 0) is 14.9 Å². The second-order valence-corrected chi connectivity index (χ2v) is 6.85. The first-order chi connectivity index (χ1) is 12.2. The van der Waals surface area contributed by atoms with Crippen molar-refractivity contribution in [2.24, 2.45) is 0 Å². The lowest BCUT2D eigenvalue weighted by atomic mass is 9.73. The summed E-state index contributed by atoms with van der Waals surface area (Å²) in [6.07, 6.45) is 2.33. The van der Waals surface area contributed by atoms with Gasteiger partial charge in [-0.25, -0.2) is 0 Å². The van der Waals surface area contributed by atoms with Gasteiger partial charge in [0.2, 0.25) is 5.91 Å². The third-order valence-corrected chi connectivity index (χ3v) is 5.38. The number of benzene rings is 2. The molecule has 0 unspecified atom stereocenters. The number of carbonyl (C=O) groups excluding carboxylic acids is 1. The van der Waals surface area contributed by atoms with Crippen LogP contribution in [0.25, 0.3) is 0 Å². The summed E-state index contributed by atoms with van der Waals surface area (Å²) in [7, 11) is 0. The SMILES string of the molecule is CC[C@@H](NC(=O)C1(c2ccccc2)CCOCC1)c1ccccc1C. The zero-order chi connectivity index (χ0) is 17.7. The van der Waals surface area contributed by atoms with E-state index in [4.69, 9.17) is 4.74 Å². The average molecular weight is 337 g/mol. The predicted molar refractivity (Wildman–Crippen MR) is 101 cm³/mol. The minimum absolute atomic E-state index is 0.0390. The van der Waals surface area contributed by atoms with Crippen LogP contribution in [0.1, 0.15) is 48.9 Å². The van der Waals surface area contributed by atoms with Gasteiger partial charge in [-0.15, -0.1) is 0 Å². The lowest BCUT2D eigenvalue weighted by Gasteiger charge is -2.37. The number of aryl methyl sites for hydroxylation is 1. The van der Waals surface area contributed by atoms with Crippen molar-refractivity contribution in [1.29, 1.82) is 0 Å². The van der Waals surface area contributed by atoms with Gasteiger partial charge in [-0.2, -0.15) is 0 Å². The highest BCUT2D eigenvalue weighted by Crippen LogP contribution is 2.36. The summed E-state index contributed by atoms with van der Waals surface area (Å²) in [5.74, 6) is 0.122. The Bertz CT molecular complexity index is 705. The molecule has 3 rings (SSSR count). The molecule has 1 amide bonds. The van der Waals surface area contributed by atoms with E-state index in [0.717, 1.165) is 24.8 Å². The fourth-order valence-electron chi connectivity index (χ4n) is 3.80. The monoisotopic (exact) mass is 337 g/mol. The van der Waals surface area contributed by atoms with Crippen molar-refractivity contribution in [2.45, 2.75) is 44.6 Å². The van der Waals surface area contributed by atoms with Gasteiger partial charge in [0, 0.05) is 13.2 Å². The summed E-state index contributed by atoms with van der Waals surface area (Å²) >= 11 is 0. The first kappa shape index (κ1) is 17.7. The molecule has 1 N–H and O–H groups in total. The minimum atomic E-state index is -0.490. The maximum absolute atomic E-state index is 13.4. The number of ether oxygens (including phenoxy) is 1. The minimum Gasteiger partial charge on any atom is -0.381 e. The van der Waals surface area contributed by atoms with Crippen molar-refractivity contribution in [3.8, 4) is 0 Å². The zero-order valence-corrected chi connectivity index (χ0v) is 15.1. The van der Waals surface area contributed by atoms with Crippen molar-refractivity contribution in [3.05, 3.63) is 71.3 Å². The van der Waals surface area contributed by atoms with E-state index in [1.165, 1.54) is 11.1 Å². The summed E-state index contributed by atoms with van der Waals surface area (Å²) < 4.78 is 5.55. The molecule has 3 nitrogen and oxygen atoms in total. The second-order valence-electron chi connectivity index (χ2n) is 6.85. The quantitative estimate of drug-likeness (QED) is 0.883. The molecule has 0 saturated carbocycles. The van der Waals surface area contributed by atoms with Crippen LogP contribution < -0.4 is 5.32 Å². The Hall–Kier alpha value is -2.13. The van der Waals surface area contributed by atoms with E-state index >= 15 is 0 Å². The Morgan fingerprint density at radius 2 is 1.72 bits per heavy atom. The van der Waals surface area contributed by atoms with Crippen LogP contribution in [0.5, 0.6) is 0 Å². The molecule has 1 aliphatic rings. The average Bonchev–Trinajstić information content (AvgIpc) is 2.68. The highest BCUT2D eigenvalue weighted by molar-refractivity contribution is 5.88. The molecule has 0 radical (unpaired) electrons. The van der Waals surface area contributed by atoms with Gasteiger partial charge in [0.25, 0.3) is 0 Å². The number of hydrogen-bond acceptors (Lipinski definition) is 2. The van der Waals surface area contributed by atoms with Crippen LogP contribution in [0.3, 0.4) is 0 Å². The van der Waals surface area contributed by atoms with Crippen LogP contribution in [-0.4, -0.2) is 19.1 Å². The molecular formula is C22H27NO2. The highest BCUT2D eigenvalue weighted by atomic mass is 16.5. The van der Waals surface area contributed by atoms with Crippen LogP contribution in [0.15, 0.2) is 54.6 Å². The van der Waals surface area contributed by atoms with Crippen LogP contribution in [0, 0.1) is 6.92 Å². The third kappa shape index (κ3) is 3.62. The van der Waals surface area contributed by atoms with E-state index in [1.807, 2.05) is 30.3 Å². The van der Waals surface area contributed by atoms with E-state index in [2.05, 4.69) is 43.4 Å². The Balaban J connectivity index is 1.89. The van der Waals surface area contributed by atoms with Crippen molar-refractivity contribution in [3.63, 3.8) is 0 Å². The number of hydrogen-bond donors (Lipinski definition) is 1. The van der Waals surface area contributed by atoms with Gasteiger partial charge in [0.05, 0.1) is 11.5 Å². The summed E-state index contributed by atoms with van der Waals surface area (Å²) in [4.78, 5) is 13.4. The molecule has 1 heterocycles. The van der Waals surface area contributed by atoms with Crippen molar-refractivity contribution >= 4 is 5.91 Å². The van der Waals surface area contributed by atoms with Crippen LogP contribution in [0.4, 0.5) is 0 Å². The lowest BCUT2D eigenvalue weighted by molar-refractivity contribution is -0.131. The third-order valence-electron chi connectivity index (χ3n) is 5.38. The number of nitrogens with one attached hydrogen (secondary N) is 1. The Morgan fingerprint density at radius 3 is 2.36 bits per heavy atom. The van der Waals surface area contributed by atoms with E-state index in [9.17, 15) is 4.79 Å². The Morgan fingerprint density at radius 1 is 1.08 bits per heavy atom. The van der Waals surface area contributed by atoms with Gasteiger partial charge < -0.3 is 10.1 Å². The van der Waals surface area contributed by atoms with Crippen molar-refractivity contribution in [2.75, 3.05) is 13.2 Å². The van der Waals surface area contributed by atoms with Crippen LogP contribution >= 0.6 is 0 Å². The molecule has 132 valence electrons. The zero-order valence-electron chi connectivity index (χ0n) is 15.1. The maximum Gasteiger partial charge on any atom is 0.231 e. The van der Waals surface area contributed by atoms with Crippen LogP contribution in [0.2, 0.25) is 0 Å². The highest BCUT2D eigenvalue weighted by Gasteiger charge is 2.42. The summed E-state index contributed by atoms with van der Waals surface area (Å²) in [5.41, 5.74) is 3.02. The first-order valence-electron chi connectivity index (χ1n) is 9.17. The predicted octanol–water partition coefficient (Wildman–Crippen LogP) is 4.31. The standard InChI is InChI=1S/C22H27NO2/c1-3-20(19-12-8-7-9-17(19)2)23-21(24)22(13-15-25-16-14-22)18-10-5-4-6-11-18/h4-12,20H,3,13-16H2,1-2H3,(H,23,24)/t20-/m1/s1. The van der Waals surface area contributed by atoms with E-state index in [0.29, 0.717) is 13.2 Å². The fourth-order valence-corrected chi connectivity index (χ4v) is 3.80. The number of amides is 1. The number of carbonyl (C=O) groups is 1. The molecule has 0 aromatic heterocycles. The normalized spacial score (nSPS) is 17.7. The lowest BCUT2D eigenvalue weighted by Crippen LogP contribution is -2.49. The van der Waals surface area contributed by atoms with Crippen molar-refractivity contribution in [1.82, 2.24) is 5.32 Å². The Kier molecular flexibility index (Phi) is 5.54. The molecule has 3 heteroatoms. The second kappa shape index (κ2) is 7.83. The molecule has 25 heavy (non-hydrogen) atoms. The van der Waals surface area contributed by atoms with E-state index < -0.39 is 5.41 Å². The van der Waals surface area contributed by atoms with Crippen molar-refractivity contribution < 1.29 is 9.53 Å². The largest absolute Gasteiger partial charge is 0.381 e.